The molecule has 0 bridgehead atoms. The molecular formula is C14H11F3N2O. The molecule has 104 valence electrons. The van der Waals surface area contributed by atoms with Gasteiger partial charge in [0.2, 0.25) is 0 Å². The topological polar surface area (TPSA) is 42.0 Å². The van der Waals surface area contributed by atoms with Crippen LogP contribution in [0.25, 0.3) is 0 Å². The third-order valence-electron chi connectivity index (χ3n) is 2.61. The third-order valence-corrected chi connectivity index (χ3v) is 2.61. The van der Waals surface area contributed by atoms with Crippen molar-refractivity contribution in [3.05, 3.63) is 59.3 Å². The molecule has 0 aliphatic carbocycles. The monoisotopic (exact) mass is 280 g/mol. The van der Waals surface area contributed by atoms with Crippen LogP contribution >= 0.6 is 0 Å². The van der Waals surface area contributed by atoms with E-state index in [2.05, 4.69) is 10.3 Å². The number of amides is 1. The van der Waals surface area contributed by atoms with Crippen LogP contribution in [-0.2, 0) is 6.18 Å². The van der Waals surface area contributed by atoms with Crippen LogP contribution in [0.3, 0.4) is 0 Å². The largest absolute Gasteiger partial charge is 0.417 e. The zero-order valence-electron chi connectivity index (χ0n) is 10.5. The van der Waals surface area contributed by atoms with Crippen molar-refractivity contribution in [2.75, 3.05) is 5.32 Å². The molecular weight excluding hydrogens is 269 g/mol. The molecule has 0 saturated heterocycles. The lowest BCUT2D eigenvalue weighted by Crippen LogP contribution is -2.13. The van der Waals surface area contributed by atoms with E-state index in [4.69, 9.17) is 0 Å². The van der Waals surface area contributed by atoms with Crippen LogP contribution < -0.4 is 5.32 Å². The minimum Gasteiger partial charge on any atom is -0.307 e. The summed E-state index contributed by atoms with van der Waals surface area (Å²) in [6.45, 7) is 1.84. The molecule has 6 heteroatoms. The minimum atomic E-state index is -4.44. The summed E-state index contributed by atoms with van der Waals surface area (Å²) in [5.74, 6) is -0.342. The molecule has 1 amide bonds. The maximum Gasteiger partial charge on any atom is 0.417 e. The van der Waals surface area contributed by atoms with Crippen molar-refractivity contribution in [3.8, 4) is 0 Å². The second-order valence-corrected chi connectivity index (χ2v) is 4.25. The van der Waals surface area contributed by atoms with Crippen LogP contribution in [0.4, 0.5) is 19.0 Å². The van der Waals surface area contributed by atoms with Gasteiger partial charge in [0.15, 0.2) is 0 Å². The van der Waals surface area contributed by atoms with Gasteiger partial charge in [-0.25, -0.2) is 4.98 Å². The number of pyridine rings is 1. The normalized spacial score (nSPS) is 11.2. The van der Waals surface area contributed by atoms with E-state index in [1.807, 2.05) is 13.0 Å². The van der Waals surface area contributed by atoms with Crippen LogP contribution in [0.2, 0.25) is 0 Å². The standard InChI is InChI=1S/C14H11F3N2O/c1-9-3-2-4-10(7-9)13(20)19-12-6-5-11(8-18-12)14(15,16)17/h2-8H,1H3,(H,18,19,20). The number of alkyl halides is 3. The Bertz CT molecular complexity index is 621. The lowest BCUT2D eigenvalue weighted by Gasteiger charge is -2.08. The van der Waals surface area contributed by atoms with Gasteiger partial charge in [0.1, 0.15) is 5.82 Å². The van der Waals surface area contributed by atoms with Gasteiger partial charge in [-0.2, -0.15) is 13.2 Å². The summed E-state index contributed by atoms with van der Waals surface area (Å²) in [5.41, 5.74) is 0.482. The smallest absolute Gasteiger partial charge is 0.307 e. The molecule has 0 unspecified atom stereocenters. The Morgan fingerprint density at radius 3 is 2.50 bits per heavy atom. The minimum absolute atomic E-state index is 0.0736. The van der Waals surface area contributed by atoms with Gasteiger partial charge in [-0.1, -0.05) is 17.7 Å². The Morgan fingerprint density at radius 2 is 1.95 bits per heavy atom. The van der Waals surface area contributed by atoms with Crippen LogP contribution in [-0.4, -0.2) is 10.9 Å². The van der Waals surface area contributed by atoms with Crippen LogP contribution in [0, 0.1) is 6.92 Å². The van der Waals surface area contributed by atoms with Crippen molar-refractivity contribution in [3.63, 3.8) is 0 Å². The molecule has 0 fully saturated rings. The van der Waals surface area contributed by atoms with Crippen molar-refractivity contribution in [1.82, 2.24) is 4.98 Å². The molecule has 2 rings (SSSR count). The van der Waals surface area contributed by atoms with Crippen molar-refractivity contribution < 1.29 is 18.0 Å². The van der Waals surface area contributed by atoms with E-state index in [1.54, 1.807) is 18.2 Å². The van der Waals surface area contributed by atoms with E-state index in [9.17, 15) is 18.0 Å². The molecule has 0 spiro atoms. The van der Waals surface area contributed by atoms with Gasteiger partial charge in [0.05, 0.1) is 5.56 Å². The van der Waals surface area contributed by atoms with Gasteiger partial charge in [-0.15, -0.1) is 0 Å². The van der Waals surface area contributed by atoms with Crippen molar-refractivity contribution in [2.45, 2.75) is 13.1 Å². The number of hydrogen-bond acceptors (Lipinski definition) is 2. The Kier molecular flexibility index (Phi) is 3.74. The number of carbonyl (C=O) groups is 1. The second-order valence-electron chi connectivity index (χ2n) is 4.25. The highest BCUT2D eigenvalue weighted by Crippen LogP contribution is 2.28. The zero-order chi connectivity index (χ0) is 14.8. The highest BCUT2D eigenvalue weighted by atomic mass is 19.4. The highest BCUT2D eigenvalue weighted by molar-refractivity contribution is 6.03. The molecule has 3 nitrogen and oxygen atoms in total. The Hall–Kier alpha value is -2.37. The van der Waals surface area contributed by atoms with E-state index < -0.39 is 17.6 Å². The number of hydrogen-bond donors (Lipinski definition) is 1. The third kappa shape index (κ3) is 3.34. The summed E-state index contributed by atoms with van der Waals surface area (Å²) >= 11 is 0. The predicted molar refractivity (Wildman–Crippen MR) is 68.4 cm³/mol. The molecule has 0 aliphatic heterocycles. The van der Waals surface area contributed by atoms with Gasteiger partial charge >= 0.3 is 6.18 Å². The fourth-order valence-corrected chi connectivity index (χ4v) is 1.61. The molecule has 0 radical (unpaired) electrons. The van der Waals surface area contributed by atoms with E-state index in [1.165, 1.54) is 0 Å². The predicted octanol–water partition coefficient (Wildman–Crippen LogP) is 3.66. The van der Waals surface area contributed by atoms with Gasteiger partial charge in [0.25, 0.3) is 5.91 Å². The van der Waals surface area contributed by atoms with Gasteiger partial charge < -0.3 is 5.32 Å². The molecule has 1 N–H and O–H groups in total. The number of aryl methyl sites for hydroxylation is 1. The molecule has 0 saturated carbocycles. The number of carbonyl (C=O) groups excluding carboxylic acids is 1. The highest BCUT2D eigenvalue weighted by Gasteiger charge is 2.30. The second kappa shape index (κ2) is 5.32. The molecule has 1 aromatic carbocycles. The average molecular weight is 280 g/mol. The Balaban J connectivity index is 2.12. The quantitative estimate of drug-likeness (QED) is 0.912. The van der Waals surface area contributed by atoms with Gasteiger partial charge in [-0.3, -0.25) is 4.79 Å². The number of rotatable bonds is 2. The SMILES string of the molecule is Cc1cccc(C(=O)Nc2ccc(C(F)(F)F)cn2)c1. The van der Waals surface area contributed by atoms with E-state index >= 15 is 0 Å². The number of anilines is 1. The first kappa shape index (κ1) is 14.0. The molecule has 0 aliphatic rings. The summed E-state index contributed by atoms with van der Waals surface area (Å²) in [4.78, 5) is 15.5. The maximum atomic E-state index is 12.4. The number of benzene rings is 1. The number of halogens is 3. The summed E-state index contributed by atoms with van der Waals surface area (Å²) in [6.07, 6.45) is -3.75. The molecule has 1 heterocycles. The lowest BCUT2D eigenvalue weighted by molar-refractivity contribution is -0.137. The van der Waals surface area contributed by atoms with Crippen molar-refractivity contribution in [2.24, 2.45) is 0 Å². The van der Waals surface area contributed by atoms with Crippen molar-refractivity contribution in [1.29, 1.82) is 0 Å². The van der Waals surface area contributed by atoms with E-state index in [0.29, 0.717) is 11.8 Å². The molecule has 20 heavy (non-hydrogen) atoms. The fourth-order valence-electron chi connectivity index (χ4n) is 1.61. The number of nitrogens with zero attached hydrogens (tertiary/aromatic N) is 1. The Labute approximate surface area is 113 Å². The Morgan fingerprint density at radius 1 is 1.20 bits per heavy atom. The van der Waals surface area contributed by atoms with Crippen molar-refractivity contribution >= 4 is 11.7 Å². The van der Waals surface area contributed by atoms with E-state index in [-0.39, 0.29) is 5.82 Å². The summed E-state index contributed by atoms with van der Waals surface area (Å²) < 4.78 is 37.1. The van der Waals surface area contributed by atoms with Crippen LogP contribution in [0.1, 0.15) is 21.5 Å². The fraction of sp³-hybridized carbons (Fsp3) is 0.143. The first-order valence-corrected chi connectivity index (χ1v) is 5.77. The van der Waals surface area contributed by atoms with Crippen LogP contribution in [0.15, 0.2) is 42.6 Å². The average Bonchev–Trinajstić information content (AvgIpc) is 2.38. The first-order chi connectivity index (χ1) is 9.36. The van der Waals surface area contributed by atoms with Gasteiger partial charge in [0, 0.05) is 11.8 Å². The number of aromatic nitrogens is 1. The summed E-state index contributed by atoms with van der Waals surface area (Å²) in [5, 5.41) is 2.45. The lowest BCUT2D eigenvalue weighted by atomic mass is 10.1. The molecule has 1 aromatic heterocycles. The van der Waals surface area contributed by atoms with Crippen LogP contribution in [0.5, 0.6) is 0 Å². The number of nitrogens with one attached hydrogen (secondary N) is 1. The van der Waals surface area contributed by atoms with E-state index in [0.717, 1.165) is 17.7 Å². The molecule has 0 atom stereocenters. The zero-order valence-corrected chi connectivity index (χ0v) is 10.5. The van der Waals surface area contributed by atoms with Gasteiger partial charge in [-0.05, 0) is 31.2 Å². The summed E-state index contributed by atoms with van der Waals surface area (Å²) in [6, 6.07) is 8.86. The first-order valence-electron chi connectivity index (χ1n) is 5.77. The molecule has 2 aromatic rings. The maximum absolute atomic E-state index is 12.4. The summed E-state index contributed by atoms with van der Waals surface area (Å²) in [7, 11) is 0.